The second-order valence-electron chi connectivity index (χ2n) is 11.5. The number of thiazole rings is 1. The average molecular weight is 532 g/mol. The number of aromatic nitrogens is 2. The number of anilines is 1. The van der Waals surface area contributed by atoms with Crippen LogP contribution in [0.15, 0.2) is 40.9 Å². The number of fused-ring (bicyclic) bond motifs is 1. The van der Waals surface area contributed by atoms with E-state index >= 15 is 0 Å². The normalized spacial score (nSPS) is 19.3. The summed E-state index contributed by atoms with van der Waals surface area (Å²) in [5, 5.41) is 14.6. The zero-order chi connectivity index (χ0) is 26.0. The van der Waals surface area contributed by atoms with Crippen molar-refractivity contribution in [1.82, 2.24) is 10.1 Å². The number of hydrogen-bond donors (Lipinski definition) is 1. The molecule has 0 bridgehead atoms. The molecule has 2 saturated carbocycles. The van der Waals surface area contributed by atoms with Gasteiger partial charge >= 0.3 is 5.97 Å². The molecule has 2 aromatic carbocycles. The third kappa shape index (κ3) is 4.10. The molecule has 0 radical (unpaired) electrons. The maximum atomic E-state index is 14.5. The Hall–Kier alpha value is -3.26. The molecule has 6 nitrogen and oxygen atoms in total. The summed E-state index contributed by atoms with van der Waals surface area (Å²) in [7, 11) is 0. The van der Waals surface area contributed by atoms with Gasteiger partial charge in [0.25, 0.3) is 0 Å². The third-order valence-corrected chi connectivity index (χ3v) is 9.94. The second-order valence-corrected chi connectivity index (χ2v) is 12.5. The summed E-state index contributed by atoms with van der Waals surface area (Å²) in [5.41, 5.74) is 5.39. The number of carboxylic acid groups (broad SMARTS) is 1. The summed E-state index contributed by atoms with van der Waals surface area (Å²) >= 11 is 1.38. The monoisotopic (exact) mass is 531 g/mol. The Labute approximate surface area is 224 Å². The molecule has 4 aromatic rings. The van der Waals surface area contributed by atoms with E-state index in [9.17, 15) is 14.3 Å². The first-order chi connectivity index (χ1) is 18.4. The van der Waals surface area contributed by atoms with Gasteiger partial charge in [-0.15, -0.1) is 0 Å². The molecule has 2 aliphatic carbocycles. The third-order valence-electron chi connectivity index (χ3n) is 8.88. The lowest BCUT2D eigenvalue weighted by Gasteiger charge is -2.52. The largest absolute Gasteiger partial charge is 0.478 e. The van der Waals surface area contributed by atoms with Crippen molar-refractivity contribution >= 4 is 32.7 Å². The molecule has 1 spiro atoms. The van der Waals surface area contributed by atoms with Crippen molar-refractivity contribution in [3.8, 4) is 11.3 Å². The first-order valence-corrected chi connectivity index (χ1v) is 14.3. The van der Waals surface area contributed by atoms with Gasteiger partial charge in [-0.05, 0) is 80.9 Å². The number of hydrogen-bond acceptors (Lipinski definition) is 6. The topological polar surface area (TPSA) is 79.5 Å². The van der Waals surface area contributed by atoms with Gasteiger partial charge in [0.05, 0.1) is 10.3 Å². The Morgan fingerprint density at radius 3 is 2.68 bits per heavy atom. The van der Waals surface area contributed by atoms with E-state index in [1.807, 2.05) is 0 Å². The summed E-state index contributed by atoms with van der Waals surface area (Å²) in [6.45, 7) is 3.94. The lowest BCUT2D eigenvalue weighted by atomic mass is 9.56. The summed E-state index contributed by atoms with van der Waals surface area (Å²) in [5.74, 6) is 0.613. The Balaban J connectivity index is 1.03. The number of benzene rings is 2. The molecule has 1 N–H and O–H groups in total. The van der Waals surface area contributed by atoms with Gasteiger partial charge in [0.2, 0.25) is 0 Å². The summed E-state index contributed by atoms with van der Waals surface area (Å²) < 4.78 is 21.0. The van der Waals surface area contributed by atoms with Crippen LogP contribution in [0.25, 0.3) is 21.5 Å². The molecule has 7 rings (SSSR count). The first-order valence-electron chi connectivity index (χ1n) is 13.5. The van der Waals surface area contributed by atoms with Crippen molar-refractivity contribution < 1.29 is 18.8 Å². The number of aromatic carboxylic acids is 1. The molecule has 2 aromatic heterocycles. The van der Waals surface area contributed by atoms with Gasteiger partial charge in [-0.2, -0.15) is 0 Å². The lowest BCUT2D eigenvalue weighted by Crippen LogP contribution is -2.47. The maximum Gasteiger partial charge on any atom is 0.335 e. The summed E-state index contributed by atoms with van der Waals surface area (Å²) in [4.78, 5) is 18.1. The Bertz CT molecular complexity index is 1540. The van der Waals surface area contributed by atoms with Gasteiger partial charge in [-0.1, -0.05) is 40.8 Å². The minimum Gasteiger partial charge on any atom is -0.478 e. The predicted octanol–water partition coefficient (Wildman–Crippen LogP) is 7.21. The predicted molar refractivity (Wildman–Crippen MR) is 145 cm³/mol. The highest BCUT2D eigenvalue weighted by Crippen LogP contribution is 2.55. The van der Waals surface area contributed by atoms with E-state index in [4.69, 9.17) is 4.52 Å². The van der Waals surface area contributed by atoms with Gasteiger partial charge in [-0.25, -0.2) is 14.2 Å². The molecule has 0 unspecified atom stereocenters. The number of carboxylic acids is 1. The van der Waals surface area contributed by atoms with Gasteiger partial charge in [-0.3, -0.25) is 0 Å². The van der Waals surface area contributed by atoms with Crippen LogP contribution in [-0.4, -0.2) is 34.3 Å². The molecule has 3 fully saturated rings. The van der Waals surface area contributed by atoms with Crippen molar-refractivity contribution in [3.63, 3.8) is 0 Å². The molecule has 1 saturated heterocycles. The van der Waals surface area contributed by atoms with Gasteiger partial charge in [0.15, 0.2) is 10.9 Å². The molecular formula is C30H30FN3O3S. The molecular weight excluding hydrogens is 501 g/mol. The van der Waals surface area contributed by atoms with Crippen molar-refractivity contribution in [2.75, 3.05) is 18.0 Å². The highest BCUT2D eigenvalue weighted by atomic mass is 32.1. The zero-order valence-corrected chi connectivity index (χ0v) is 22.2. The zero-order valence-electron chi connectivity index (χ0n) is 21.4. The fourth-order valence-corrected chi connectivity index (χ4v) is 7.72. The van der Waals surface area contributed by atoms with E-state index in [1.165, 1.54) is 59.8 Å². The van der Waals surface area contributed by atoms with Crippen LogP contribution < -0.4 is 4.90 Å². The van der Waals surface area contributed by atoms with Gasteiger partial charge in [0.1, 0.15) is 17.0 Å². The van der Waals surface area contributed by atoms with Gasteiger partial charge < -0.3 is 14.5 Å². The molecule has 3 heterocycles. The lowest BCUT2D eigenvalue weighted by molar-refractivity contribution is 0.0282. The van der Waals surface area contributed by atoms with Crippen LogP contribution in [0.4, 0.5) is 9.52 Å². The van der Waals surface area contributed by atoms with Crippen molar-refractivity contribution in [1.29, 1.82) is 0 Å². The first kappa shape index (κ1) is 23.8. The SMILES string of the molecule is Cc1ccccc1-c1noc(C2CC2)c1CC1CC2(CCN(c3nc4c(F)cc(C(=O)O)cc4s3)CC2)C1. The maximum absolute atomic E-state index is 14.5. The van der Waals surface area contributed by atoms with Crippen molar-refractivity contribution in [3.05, 3.63) is 64.7 Å². The highest BCUT2D eigenvalue weighted by Gasteiger charge is 2.47. The summed E-state index contributed by atoms with van der Waals surface area (Å²) in [6.07, 6.45) is 8.09. The number of piperidine rings is 1. The highest BCUT2D eigenvalue weighted by molar-refractivity contribution is 7.22. The molecule has 8 heteroatoms. The van der Waals surface area contributed by atoms with Crippen LogP contribution in [0, 0.1) is 24.1 Å². The smallest absolute Gasteiger partial charge is 0.335 e. The van der Waals surface area contributed by atoms with Crippen LogP contribution in [0.2, 0.25) is 0 Å². The van der Waals surface area contributed by atoms with E-state index in [2.05, 4.69) is 46.2 Å². The number of halogens is 1. The molecule has 38 heavy (non-hydrogen) atoms. The Morgan fingerprint density at radius 2 is 1.97 bits per heavy atom. The number of rotatable bonds is 6. The standard InChI is InChI=1S/C30H30FN3O3S/c1-17-4-2-3-5-21(17)25-22(27(37-33-25)19-6-7-19)12-18-15-30(16-18)8-10-34(11-9-30)29-32-26-23(31)13-20(28(35)36)14-24(26)38-29/h2-5,13-14,18-19H,6-12,15-16H2,1H3,(H,35,36). The van der Waals surface area contributed by atoms with E-state index < -0.39 is 11.8 Å². The summed E-state index contributed by atoms with van der Waals surface area (Å²) in [6, 6.07) is 11.0. The molecule has 1 aliphatic heterocycles. The quantitative estimate of drug-likeness (QED) is 0.283. The van der Waals surface area contributed by atoms with Crippen molar-refractivity contribution in [2.45, 2.75) is 57.8 Å². The van der Waals surface area contributed by atoms with Crippen LogP contribution in [0.1, 0.15) is 71.7 Å². The van der Waals surface area contributed by atoms with E-state index in [-0.39, 0.29) is 11.1 Å². The van der Waals surface area contributed by atoms with E-state index in [0.717, 1.165) is 55.0 Å². The van der Waals surface area contributed by atoms with Crippen LogP contribution in [0.5, 0.6) is 0 Å². The molecule has 196 valence electrons. The van der Waals surface area contributed by atoms with E-state index in [1.54, 1.807) is 0 Å². The number of aryl methyl sites for hydroxylation is 1. The average Bonchev–Trinajstić information content (AvgIpc) is 3.50. The van der Waals surface area contributed by atoms with Crippen LogP contribution in [0.3, 0.4) is 0 Å². The molecule has 3 aliphatic rings. The fraction of sp³-hybridized carbons (Fsp3) is 0.433. The fourth-order valence-electron chi connectivity index (χ4n) is 6.65. The minimum absolute atomic E-state index is 0.0356. The molecule has 0 amide bonds. The minimum atomic E-state index is -1.12. The van der Waals surface area contributed by atoms with Crippen LogP contribution in [-0.2, 0) is 6.42 Å². The van der Waals surface area contributed by atoms with E-state index in [0.29, 0.717) is 22.0 Å². The van der Waals surface area contributed by atoms with Crippen molar-refractivity contribution in [2.24, 2.45) is 11.3 Å². The Kier molecular flexibility index (Phi) is 5.58. The Morgan fingerprint density at radius 1 is 1.21 bits per heavy atom. The number of carbonyl (C=O) groups is 1. The number of nitrogens with zero attached hydrogens (tertiary/aromatic N) is 3. The van der Waals surface area contributed by atoms with Gasteiger partial charge in [0, 0.05) is 30.1 Å². The second kappa shape index (κ2) is 8.90. The molecule has 0 atom stereocenters. The van der Waals surface area contributed by atoms with Crippen LogP contribution >= 0.6 is 11.3 Å².